The molecule has 1 aromatic rings. The molecule has 0 spiro atoms. The number of aromatic nitrogens is 2. The molecule has 1 aliphatic heterocycles. The second-order valence-electron chi connectivity index (χ2n) is 3.94. The van der Waals surface area contributed by atoms with Crippen molar-refractivity contribution in [1.82, 2.24) is 9.97 Å². The number of anilines is 1. The monoisotopic (exact) mass is 357 g/mol. The van der Waals surface area contributed by atoms with E-state index in [4.69, 9.17) is 33.9 Å². The van der Waals surface area contributed by atoms with Gasteiger partial charge >= 0.3 is 0 Å². The number of rotatable bonds is 3. The van der Waals surface area contributed by atoms with Crippen molar-refractivity contribution < 1.29 is 18.0 Å². The first-order valence-corrected chi connectivity index (χ1v) is 8.29. The standard InChI is InChI=1S/C9H6Cl3N3O4S/c10-7-5(3-16)8(11)14-9(13-7)15-2-4(1-6(15)17)20(12,18)19/h3-4H,1-2H2. The third-order valence-corrected chi connectivity index (χ3v) is 5.13. The normalized spacial score (nSPS) is 19.4. The van der Waals surface area contributed by atoms with Crippen LogP contribution in [0.4, 0.5) is 5.95 Å². The molecule has 0 saturated carbocycles. The summed E-state index contributed by atoms with van der Waals surface area (Å²) in [6.07, 6.45) is 0.103. The Labute approximate surface area is 128 Å². The van der Waals surface area contributed by atoms with Crippen LogP contribution in [0.2, 0.25) is 10.3 Å². The van der Waals surface area contributed by atoms with Crippen LogP contribution < -0.4 is 4.90 Å². The second-order valence-corrected chi connectivity index (χ2v) is 7.57. The number of amides is 1. The van der Waals surface area contributed by atoms with Gasteiger partial charge in [-0.05, 0) is 0 Å². The molecule has 1 amide bonds. The number of carbonyl (C=O) groups is 2. The summed E-state index contributed by atoms with van der Waals surface area (Å²) in [5, 5.41) is -1.50. The zero-order chi connectivity index (χ0) is 15.1. The Bertz CT molecular complexity index is 671. The maximum atomic E-state index is 11.8. The van der Waals surface area contributed by atoms with Crippen LogP contribution in [-0.4, -0.2) is 42.4 Å². The van der Waals surface area contributed by atoms with E-state index in [2.05, 4.69) is 9.97 Å². The minimum atomic E-state index is -3.88. The van der Waals surface area contributed by atoms with E-state index in [1.54, 1.807) is 0 Å². The van der Waals surface area contributed by atoms with Gasteiger partial charge in [-0.15, -0.1) is 0 Å². The second kappa shape index (κ2) is 5.44. The van der Waals surface area contributed by atoms with E-state index < -0.39 is 20.2 Å². The molecule has 2 heterocycles. The topological polar surface area (TPSA) is 97.3 Å². The van der Waals surface area contributed by atoms with Gasteiger partial charge in [-0.2, -0.15) is 9.97 Å². The lowest BCUT2D eigenvalue weighted by molar-refractivity contribution is -0.117. The van der Waals surface area contributed by atoms with Crippen molar-refractivity contribution in [1.29, 1.82) is 0 Å². The van der Waals surface area contributed by atoms with Crippen molar-refractivity contribution in [2.45, 2.75) is 11.7 Å². The molecule has 0 N–H and O–H groups in total. The molecule has 108 valence electrons. The number of hydrogen-bond donors (Lipinski definition) is 0. The highest BCUT2D eigenvalue weighted by Crippen LogP contribution is 2.28. The average molecular weight is 359 g/mol. The van der Waals surface area contributed by atoms with Crippen molar-refractivity contribution in [3.05, 3.63) is 15.9 Å². The number of halogens is 3. The van der Waals surface area contributed by atoms with Gasteiger partial charge in [0.2, 0.25) is 20.9 Å². The van der Waals surface area contributed by atoms with E-state index in [0.29, 0.717) is 6.29 Å². The lowest BCUT2D eigenvalue weighted by Gasteiger charge is -2.14. The van der Waals surface area contributed by atoms with E-state index in [1.165, 1.54) is 0 Å². The van der Waals surface area contributed by atoms with Gasteiger partial charge in [0.1, 0.15) is 15.6 Å². The van der Waals surface area contributed by atoms with Crippen LogP contribution in [0.25, 0.3) is 0 Å². The molecule has 7 nitrogen and oxygen atoms in total. The van der Waals surface area contributed by atoms with Crippen molar-refractivity contribution >= 4 is 61.1 Å². The Morgan fingerprint density at radius 3 is 2.20 bits per heavy atom. The van der Waals surface area contributed by atoms with Gasteiger partial charge in [-0.1, -0.05) is 23.2 Å². The Balaban J connectivity index is 2.38. The number of aldehydes is 1. The van der Waals surface area contributed by atoms with Crippen LogP contribution in [0.15, 0.2) is 0 Å². The van der Waals surface area contributed by atoms with Gasteiger partial charge in [-0.25, -0.2) is 8.42 Å². The van der Waals surface area contributed by atoms with Gasteiger partial charge in [0.05, 0.1) is 5.56 Å². The predicted molar refractivity (Wildman–Crippen MR) is 73.0 cm³/mol. The first-order valence-electron chi connectivity index (χ1n) is 5.16. The summed E-state index contributed by atoms with van der Waals surface area (Å²) in [7, 11) is 1.34. The fourth-order valence-corrected chi connectivity index (χ4v) is 3.18. The van der Waals surface area contributed by atoms with Crippen LogP contribution in [0.3, 0.4) is 0 Å². The smallest absolute Gasteiger partial charge is 0.237 e. The summed E-state index contributed by atoms with van der Waals surface area (Å²) >= 11 is 11.5. The predicted octanol–water partition coefficient (Wildman–Crippen LogP) is 1.27. The molecule has 0 aromatic carbocycles. The summed E-state index contributed by atoms with van der Waals surface area (Å²) in [6.45, 7) is -0.197. The Kier molecular flexibility index (Phi) is 4.19. The molecule has 1 saturated heterocycles. The molecule has 1 aliphatic rings. The van der Waals surface area contributed by atoms with Crippen LogP contribution in [0.1, 0.15) is 16.8 Å². The SMILES string of the molecule is O=Cc1c(Cl)nc(N2CC(S(=O)(=O)Cl)CC2=O)nc1Cl. The maximum absolute atomic E-state index is 11.8. The van der Waals surface area contributed by atoms with E-state index in [0.717, 1.165) is 4.90 Å². The van der Waals surface area contributed by atoms with Gasteiger partial charge in [0.25, 0.3) is 0 Å². The Morgan fingerprint density at radius 2 is 1.80 bits per heavy atom. The molecule has 2 rings (SSSR count). The average Bonchev–Trinajstić information content (AvgIpc) is 2.70. The van der Waals surface area contributed by atoms with Crippen LogP contribution in [0, 0.1) is 0 Å². The fourth-order valence-electron chi connectivity index (χ4n) is 1.68. The fraction of sp³-hybridized carbons (Fsp3) is 0.333. The van der Waals surface area contributed by atoms with E-state index in [9.17, 15) is 18.0 Å². The first-order chi connectivity index (χ1) is 9.24. The Hall–Kier alpha value is -0.960. The lowest BCUT2D eigenvalue weighted by Crippen LogP contribution is -2.28. The summed E-state index contributed by atoms with van der Waals surface area (Å²) in [5.41, 5.74) is -0.106. The molecule has 1 aromatic heterocycles. The molecule has 1 unspecified atom stereocenters. The van der Waals surface area contributed by atoms with E-state index in [-0.39, 0.29) is 34.8 Å². The molecule has 11 heteroatoms. The molecule has 20 heavy (non-hydrogen) atoms. The summed E-state index contributed by atoms with van der Waals surface area (Å²) in [6, 6.07) is 0. The highest BCUT2D eigenvalue weighted by atomic mass is 35.7. The Morgan fingerprint density at radius 1 is 1.25 bits per heavy atom. The summed E-state index contributed by atoms with van der Waals surface area (Å²) in [4.78, 5) is 31.0. The summed E-state index contributed by atoms with van der Waals surface area (Å²) < 4.78 is 22.5. The molecular formula is C9H6Cl3N3O4S. The zero-order valence-corrected chi connectivity index (χ0v) is 12.7. The number of hydrogen-bond acceptors (Lipinski definition) is 6. The van der Waals surface area contributed by atoms with Gasteiger partial charge < -0.3 is 0 Å². The molecule has 0 aliphatic carbocycles. The highest BCUT2D eigenvalue weighted by Gasteiger charge is 2.39. The van der Waals surface area contributed by atoms with Crippen molar-refractivity contribution in [2.75, 3.05) is 11.4 Å². The van der Waals surface area contributed by atoms with Crippen molar-refractivity contribution in [3.8, 4) is 0 Å². The minimum absolute atomic E-state index is 0.106. The van der Waals surface area contributed by atoms with E-state index in [1.807, 2.05) is 0 Å². The van der Waals surface area contributed by atoms with Gasteiger partial charge in [0.15, 0.2) is 6.29 Å². The molecule has 0 radical (unpaired) electrons. The quantitative estimate of drug-likeness (QED) is 0.458. The van der Waals surface area contributed by atoms with Crippen LogP contribution in [0.5, 0.6) is 0 Å². The largest absolute Gasteiger partial charge is 0.298 e. The minimum Gasteiger partial charge on any atom is -0.298 e. The maximum Gasteiger partial charge on any atom is 0.237 e. The molecule has 1 atom stereocenters. The highest BCUT2D eigenvalue weighted by molar-refractivity contribution is 8.14. The van der Waals surface area contributed by atoms with Crippen LogP contribution >= 0.6 is 33.9 Å². The van der Waals surface area contributed by atoms with E-state index >= 15 is 0 Å². The third-order valence-electron chi connectivity index (χ3n) is 2.69. The number of carbonyl (C=O) groups excluding carboxylic acids is 2. The van der Waals surface area contributed by atoms with Crippen molar-refractivity contribution in [2.24, 2.45) is 0 Å². The number of nitrogens with zero attached hydrogens (tertiary/aromatic N) is 3. The van der Waals surface area contributed by atoms with Gasteiger partial charge in [-0.3, -0.25) is 14.5 Å². The first kappa shape index (κ1) is 15.4. The zero-order valence-electron chi connectivity index (χ0n) is 9.59. The molecule has 1 fully saturated rings. The summed E-state index contributed by atoms with van der Waals surface area (Å²) in [5.74, 6) is -0.691. The lowest BCUT2D eigenvalue weighted by atomic mass is 10.4. The third kappa shape index (κ3) is 2.88. The molecular weight excluding hydrogens is 353 g/mol. The molecule has 0 bridgehead atoms. The van der Waals surface area contributed by atoms with Crippen LogP contribution in [-0.2, 0) is 13.8 Å². The van der Waals surface area contributed by atoms with Crippen molar-refractivity contribution in [3.63, 3.8) is 0 Å². The van der Waals surface area contributed by atoms with Gasteiger partial charge in [0, 0.05) is 23.6 Å².